The topological polar surface area (TPSA) is 82.6 Å². The van der Waals surface area contributed by atoms with E-state index in [2.05, 4.69) is 16.0 Å². The Bertz CT molecular complexity index is 743. The Kier molecular flexibility index (Phi) is 8.61. The Balaban J connectivity index is 1.04. The summed E-state index contributed by atoms with van der Waals surface area (Å²) in [6.07, 6.45) is 11.2. The Labute approximate surface area is 217 Å². The van der Waals surface area contributed by atoms with E-state index in [1.807, 2.05) is 6.92 Å². The number of methoxy groups -OCH3 is 1. The summed E-state index contributed by atoms with van der Waals surface area (Å²) in [5, 5.41) is 21.6. The number of alkyl halides is 1. The Morgan fingerprint density at radius 1 is 1.00 bits per heavy atom. The van der Waals surface area contributed by atoms with Crippen molar-refractivity contribution in [3.8, 4) is 0 Å². The number of ether oxygens (including phenoxy) is 1. The van der Waals surface area contributed by atoms with Gasteiger partial charge < -0.3 is 20.5 Å². The van der Waals surface area contributed by atoms with Crippen molar-refractivity contribution in [2.75, 3.05) is 26.7 Å². The van der Waals surface area contributed by atoms with E-state index in [-0.39, 0.29) is 29.6 Å². The highest BCUT2D eigenvalue weighted by Gasteiger charge is 2.56. The molecule has 1 amide bonds. The molecule has 4 saturated carbocycles. The van der Waals surface area contributed by atoms with Crippen LogP contribution in [0.25, 0.3) is 0 Å². The van der Waals surface area contributed by atoms with E-state index in [0.29, 0.717) is 31.0 Å². The van der Waals surface area contributed by atoms with Gasteiger partial charge in [0.2, 0.25) is 5.91 Å². The number of hydrogen-bond donors (Lipinski definition) is 4. The molecular weight excluding hydrogens is 457 g/mol. The molecule has 36 heavy (non-hydrogen) atoms. The second kappa shape index (κ2) is 11.5. The van der Waals surface area contributed by atoms with E-state index in [1.165, 1.54) is 12.8 Å². The fourth-order valence-electron chi connectivity index (χ4n) is 8.33. The van der Waals surface area contributed by atoms with Gasteiger partial charge in [-0.3, -0.25) is 10.1 Å². The van der Waals surface area contributed by atoms with Crippen LogP contribution in [0.15, 0.2) is 0 Å². The summed E-state index contributed by atoms with van der Waals surface area (Å²) in [5.74, 6) is 2.25. The van der Waals surface area contributed by atoms with Crippen molar-refractivity contribution in [2.45, 2.75) is 108 Å². The number of halogens is 1. The van der Waals surface area contributed by atoms with Crippen LogP contribution in [-0.2, 0) is 9.53 Å². The van der Waals surface area contributed by atoms with Crippen molar-refractivity contribution in [1.29, 1.82) is 0 Å². The average molecular weight is 508 g/mol. The number of piperidine rings is 1. The van der Waals surface area contributed by atoms with Crippen LogP contribution in [0, 0.1) is 41.4 Å². The van der Waals surface area contributed by atoms with Crippen molar-refractivity contribution in [2.24, 2.45) is 41.4 Å². The molecule has 1 heterocycles. The minimum Gasteiger partial charge on any atom is -0.381 e. The van der Waals surface area contributed by atoms with Gasteiger partial charge in [0.15, 0.2) is 0 Å². The van der Waals surface area contributed by atoms with E-state index in [9.17, 15) is 9.90 Å². The molecule has 0 aromatic heterocycles. The molecule has 5 rings (SSSR count). The molecule has 1 aliphatic heterocycles. The second-order valence-corrected chi connectivity index (χ2v) is 13.1. The normalized spacial score (nSPS) is 44.8. The summed E-state index contributed by atoms with van der Waals surface area (Å²) >= 11 is 0. The Morgan fingerprint density at radius 2 is 1.81 bits per heavy atom. The predicted molar refractivity (Wildman–Crippen MR) is 139 cm³/mol. The third kappa shape index (κ3) is 6.27. The van der Waals surface area contributed by atoms with Crippen molar-refractivity contribution in [1.82, 2.24) is 16.0 Å². The lowest BCUT2D eigenvalue weighted by molar-refractivity contribution is -0.127. The fourth-order valence-corrected chi connectivity index (χ4v) is 8.33. The fraction of sp³-hybridized carbons (Fsp3) is 0.966. The summed E-state index contributed by atoms with van der Waals surface area (Å²) in [5.41, 5.74) is -0.926. The zero-order valence-corrected chi connectivity index (χ0v) is 22.5. The van der Waals surface area contributed by atoms with Gasteiger partial charge in [0.05, 0.1) is 6.10 Å². The number of amides is 1. The predicted octanol–water partition coefficient (Wildman–Crippen LogP) is 3.77. The number of nitrogens with one attached hydrogen (secondary N) is 3. The molecule has 0 bridgehead atoms. The lowest BCUT2D eigenvalue weighted by Crippen LogP contribution is -2.54. The SMILES string of the molecule is COC1CCC(CNC(=O)C2CCC(C3CC3C(C)(O)NC3CCC4CNCCC4C3)C(F)C2)CC1. The lowest BCUT2D eigenvalue weighted by atomic mass is 9.73. The van der Waals surface area contributed by atoms with E-state index in [4.69, 9.17) is 4.74 Å². The molecule has 9 atom stereocenters. The Morgan fingerprint density at radius 3 is 2.56 bits per heavy atom. The molecule has 7 heteroatoms. The van der Waals surface area contributed by atoms with Crippen LogP contribution in [-0.4, -0.2) is 61.8 Å². The first-order valence-electron chi connectivity index (χ1n) is 15.0. The highest BCUT2D eigenvalue weighted by molar-refractivity contribution is 5.78. The van der Waals surface area contributed by atoms with Crippen LogP contribution in [0.5, 0.6) is 0 Å². The molecule has 4 aliphatic carbocycles. The van der Waals surface area contributed by atoms with Gasteiger partial charge in [-0.1, -0.05) is 0 Å². The number of aliphatic hydroxyl groups is 1. The maximum atomic E-state index is 15.3. The largest absolute Gasteiger partial charge is 0.381 e. The summed E-state index contributed by atoms with van der Waals surface area (Å²) in [6.45, 7) is 4.89. The molecule has 1 saturated heterocycles. The van der Waals surface area contributed by atoms with Gasteiger partial charge >= 0.3 is 0 Å². The molecule has 0 aromatic carbocycles. The van der Waals surface area contributed by atoms with Crippen molar-refractivity contribution < 1.29 is 19.0 Å². The maximum Gasteiger partial charge on any atom is 0.223 e. The minimum absolute atomic E-state index is 0.0169. The first kappa shape index (κ1) is 26.8. The van der Waals surface area contributed by atoms with Crippen molar-refractivity contribution >= 4 is 5.91 Å². The molecular formula is C29H50FN3O3. The number of fused-ring (bicyclic) bond motifs is 1. The first-order valence-corrected chi connectivity index (χ1v) is 15.0. The van der Waals surface area contributed by atoms with E-state index >= 15 is 4.39 Å². The van der Waals surface area contributed by atoms with Crippen molar-refractivity contribution in [3.63, 3.8) is 0 Å². The molecule has 206 valence electrons. The standard InChI is InChI=1S/C29H50FN3O3/c1-29(35,33-22-7-5-21-17-31-12-11-19(21)13-22)26-15-25(26)24-10-6-20(14-27(24)30)28(34)32-16-18-3-8-23(36-2)9-4-18/h18-27,31,33,35H,3-17H2,1-2H3,(H,32,34). The molecule has 4 N–H and O–H groups in total. The summed E-state index contributed by atoms with van der Waals surface area (Å²) < 4.78 is 20.8. The van der Waals surface area contributed by atoms with Crippen LogP contribution < -0.4 is 16.0 Å². The van der Waals surface area contributed by atoms with Crippen LogP contribution in [0.4, 0.5) is 4.39 Å². The van der Waals surface area contributed by atoms with Gasteiger partial charge in [0, 0.05) is 31.5 Å². The molecule has 9 unspecified atom stereocenters. The van der Waals surface area contributed by atoms with Gasteiger partial charge in [-0.15, -0.1) is 0 Å². The second-order valence-electron chi connectivity index (χ2n) is 13.1. The minimum atomic E-state index is -0.942. The van der Waals surface area contributed by atoms with Crippen LogP contribution in [0.1, 0.15) is 84.0 Å². The number of hydrogen-bond acceptors (Lipinski definition) is 5. The van der Waals surface area contributed by atoms with Crippen LogP contribution >= 0.6 is 0 Å². The van der Waals surface area contributed by atoms with E-state index in [0.717, 1.165) is 82.7 Å². The first-order chi connectivity index (χ1) is 17.3. The third-order valence-electron chi connectivity index (χ3n) is 10.7. The van der Waals surface area contributed by atoms with Gasteiger partial charge in [-0.2, -0.15) is 0 Å². The molecule has 0 aromatic rings. The molecule has 5 aliphatic rings. The van der Waals surface area contributed by atoms with Gasteiger partial charge in [-0.25, -0.2) is 4.39 Å². The zero-order valence-electron chi connectivity index (χ0n) is 22.5. The third-order valence-corrected chi connectivity index (χ3v) is 10.7. The quantitative estimate of drug-likeness (QED) is 0.376. The highest BCUT2D eigenvalue weighted by Crippen LogP contribution is 2.55. The van der Waals surface area contributed by atoms with E-state index in [1.54, 1.807) is 7.11 Å². The summed E-state index contributed by atoms with van der Waals surface area (Å²) in [6, 6.07) is 0.366. The average Bonchev–Trinajstić information content (AvgIpc) is 3.69. The van der Waals surface area contributed by atoms with Gasteiger partial charge in [-0.05, 0) is 127 Å². The highest BCUT2D eigenvalue weighted by atomic mass is 19.1. The molecule has 0 spiro atoms. The van der Waals surface area contributed by atoms with Gasteiger partial charge in [0.1, 0.15) is 11.9 Å². The monoisotopic (exact) mass is 507 g/mol. The molecule has 0 radical (unpaired) electrons. The molecule has 5 fully saturated rings. The lowest BCUT2D eigenvalue weighted by Gasteiger charge is -2.42. The van der Waals surface area contributed by atoms with Crippen LogP contribution in [0.3, 0.4) is 0 Å². The smallest absolute Gasteiger partial charge is 0.223 e. The van der Waals surface area contributed by atoms with Gasteiger partial charge in [0.25, 0.3) is 0 Å². The number of carbonyl (C=O) groups is 1. The Hall–Kier alpha value is -0.760. The molecule has 6 nitrogen and oxygen atoms in total. The summed E-state index contributed by atoms with van der Waals surface area (Å²) in [4.78, 5) is 12.8. The maximum absolute atomic E-state index is 15.3. The number of rotatable bonds is 8. The van der Waals surface area contributed by atoms with E-state index < -0.39 is 11.9 Å². The number of carbonyl (C=O) groups excluding carboxylic acids is 1. The summed E-state index contributed by atoms with van der Waals surface area (Å²) in [7, 11) is 1.78. The van der Waals surface area contributed by atoms with Crippen LogP contribution in [0.2, 0.25) is 0 Å². The van der Waals surface area contributed by atoms with Crippen molar-refractivity contribution in [3.05, 3.63) is 0 Å². The zero-order chi connectivity index (χ0) is 25.3.